The number of hydrogen-bond donors (Lipinski definition) is 0. The molecule has 0 unspecified atom stereocenters. The summed E-state index contributed by atoms with van der Waals surface area (Å²) in [5.74, 6) is 0.900. The number of anilines is 1. The van der Waals surface area contributed by atoms with Gasteiger partial charge in [-0.3, -0.25) is 0 Å². The van der Waals surface area contributed by atoms with Gasteiger partial charge in [0.1, 0.15) is 11.8 Å². The quantitative estimate of drug-likeness (QED) is 0.675. The fourth-order valence-electron chi connectivity index (χ4n) is 3.90. The normalized spacial score (nSPS) is 20.2. The predicted octanol–water partition coefficient (Wildman–Crippen LogP) is 3.61. The van der Waals surface area contributed by atoms with Crippen molar-refractivity contribution >= 4 is 28.0 Å². The minimum absolute atomic E-state index is 0.182. The highest BCUT2D eigenvalue weighted by atomic mass is 16.5. The Bertz CT molecular complexity index is 957. The number of ether oxygens (including phenoxy) is 1. The van der Waals surface area contributed by atoms with E-state index in [2.05, 4.69) is 34.8 Å². The van der Waals surface area contributed by atoms with Crippen LogP contribution in [0.4, 0.5) is 5.82 Å². The van der Waals surface area contributed by atoms with Crippen molar-refractivity contribution in [1.29, 1.82) is 0 Å². The summed E-state index contributed by atoms with van der Waals surface area (Å²) in [6, 6.07) is 2.13. The molecule has 5 heterocycles. The Morgan fingerprint density at radius 2 is 1.96 bits per heavy atom. The summed E-state index contributed by atoms with van der Waals surface area (Å²) < 4.78 is 12.1. The van der Waals surface area contributed by atoms with Crippen LogP contribution in [0.15, 0.2) is 16.8 Å². The SMILES string of the molecule is CC1(C)Cc2nc3oc4c(N5CCCCC5)ncnc4c3cc2CO1. The van der Waals surface area contributed by atoms with Crippen LogP contribution in [0.5, 0.6) is 0 Å². The summed E-state index contributed by atoms with van der Waals surface area (Å²) in [5, 5.41) is 0.956. The Labute approximate surface area is 146 Å². The molecule has 0 aromatic carbocycles. The summed E-state index contributed by atoms with van der Waals surface area (Å²) in [6.07, 6.45) is 6.12. The second kappa shape index (κ2) is 5.39. The van der Waals surface area contributed by atoms with Gasteiger partial charge in [-0.05, 0) is 39.2 Å². The van der Waals surface area contributed by atoms with Gasteiger partial charge in [0, 0.05) is 25.1 Å². The highest BCUT2D eigenvalue weighted by Crippen LogP contribution is 2.35. The number of hydrogen-bond acceptors (Lipinski definition) is 6. The van der Waals surface area contributed by atoms with Gasteiger partial charge in [0.25, 0.3) is 0 Å². The van der Waals surface area contributed by atoms with Crippen LogP contribution < -0.4 is 4.90 Å². The largest absolute Gasteiger partial charge is 0.432 e. The van der Waals surface area contributed by atoms with Crippen molar-refractivity contribution in [2.24, 2.45) is 0 Å². The monoisotopic (exact) mass is 338 g/mol. The molecule has 0 N–H and O–H groups in total. The van der Waals surface area contributed by atoms with Gasteiger partial charge < -0.3 is 14.1 Å². The van der Waals surface area contributed by atoms with E-state index >= 15 is 0 Å². The molecule has 0 aliphatic carbocycles. The maximum absolute atomic E-state index is 6.15. The van der Waals surface area contributed by atoms with Crippen LogP contribution in [0.3, 0.4) is 0 Å². The van der Waals surface area contributed by atoms with Crippen molar-refractivity contribution in [3.8, 4) is 0 Å². The molecule has 2 aliphatic rings. The lowest BCUT2D eigenvalue weighted by Gasteiger charge is -2.30. The van der Waals surface area contributed by atoms with Crippen molar-refractivity contribution in [3.63, 3.8) is 0 Å². The average Bonchev–Trinajstić information content (AvgIpc) is 2.97. The number of furan rings is 1. The lowest BCUT2D eigenvalue weighted by atomic mass is 9.95. The van der Waals surface area contributed by atoms with E-state index in [1.807, 2.05) is 0 Å². The van der Waals surface area contributed by atoms with Gasteiger partial charge in [0.15, 0.2) is 11.4 Å². The standard InChI is InChI=1S/C19H22N4O2/c1-19(2)9-14-12(10-24-19)8-13-15-16(25-18(13)22-14)17(21-11-20-15)23-6-4-3-5-7-23/h8,11H,3-7,9-10H2,1-2H3. The van der Waals surface area contributed by atoms with E-state index in [0.717, 1.165) is 53.1 Å². The highest BCUT2D eigenvalue weighted by molar-refractivity contribution is 6.04. The number of aromatic nitrogens is 3. The fraction of sp³-hybridized carbons (Fsp3) is 0.526. The number of piperidine rings is 1. The maximum atomic E-state index is 6.15. The number of rotatable bonds is 1. The number of pyridine rings is 1. The van der Waals surface area contributed by atoms with Gasteiger partial charge in [-0.2, -0.15) is 0 Å². The third-order valence-corrected chi connectivity index (χ3v) is 5.26. The molecule has 0 bridgehead atoms. The van der Waals surface area contributed by atoms with Crippen LogP contribution >= 0.6 is 0 Å². The van der Waals surface area contributed by atoms with Gasteiger partial charge >= 0.3 is 0 Å². The molecule has 0 saturated carbocycles. The predicted molar refractivity (Wildman–Crippen MR) is 95.7 cm³/mol. The van der Waals surface area contributed by atoms with Crippen molar-refractivity contribution in [2.75, 3.05) is 18.0 Å². The molecule has 2 aliphatic heterocycles. The second-order valence-electron chi connectivity index (χ2n) is 7.70. The molecule has 1 saturated heterocycles. The second-order valence-corrected chi connectivity index (χ2v) is 7.70. The topological polar surface area (TPSA) is 64.3 Å². The minimum Gasteiger partial charge on any atom is -0.432 e. The van der Waals surface area contributed by atoms with Crippen molar-refractivity contribution in [2.45, 2.75) is 51.7 Å². The molecule has 0 amide bonds. The van der Waals surface area contributed by atoms with E-state index in [9.17, 15) is 0 Å². The Kier molecular flexibility index (Phi) is 3.25. The van der Waals surface area contributed by atoms with Gasteiger partial charge in [0.05, 0.1) is 23.3 Å². The first kappa shape index (κ1) is 15.1. The summed E-state index contributed by atoms with van der Waals surface area (Å²) in [5.41, 5.74) is 4.28. The molecule has 6 nitrogen and oxygen atoms in total. The van der Waals surface area contributed by atoms with Gasteiger partial charge in [-0.1, -0.05) is 0 Å². The Balaban J connectivity index is 1.68. The lowest BCUT2D eigenvalue weighted by molar-refractivity contribution is -0.0411. The van der Waals surface area contributed by atoms with E-state index in [1.165, 1.54) is 19.3 Å². The summed E-state index contributed by atoms with van der Waals surface area (Å²) in [7, 11) is 0. The van der Waals surface area contributed by atoms with Gasteiger partial charge in [0.2, 0.25) is 5.71 Å². The lowest BCUT2D eigenvalue weighted by Crippen LogP contribution is -2.32. The van der Waals surface area contributed by atoms with Gasteiger partial charge in [-0.25, -0.2) is 15.0 Å². The smallest absolute Gasteiger partial charge is 0.229 e. The molecule has 130 valence electrons. The first-order valence-corrected chi connectivity index (χ1v) is 9.06. The summed E-state index contributed by atoms with van der Waals surface area (Å²) in [4.78, 5) is 16.1. The zero-order valence-electron chi connectivity index (χ0n) is 14.7. The number of fused-ring (bicyclic) bond motifs is 4. The summed E-state index contributed by atoms with van der Waals surface area (Å²) in [6.45, 7) is 6.83. The fourth-order valence-corrected chi connectivity index (χ4v) is 3.90. The molecule has 3 aromatic heterocycles. The van der Waals surface area contributed by atoms with E-state index in [-0.39, 0.29) is 5.60 Å². The van der Waals surface area contributed by atoms with Crippen LogP contribution in [0.25, 0.3) is 22.2 Å². The minimum atomic E-state index is -0.182. The van der Waals surface area contributed by atoms with E-state index < -0.39 is 0 Å². The first-order chi connectivity index (χ1) is 12.1. The van der Waals surface area contributed by atoms with Crippen LogP contribution in [-0.4, -0.2) is 33.6 Å². The van der Waals surface area contributed by atoms with Crippen molar-refractivity contribution in [1.82, 2.24) is 15.0 Å². The summed E-state index contributed by atoms with van der Waals surface area (Å²) >= 11 is 0. The Morgan fingerprint density at radius 1 is 1.12 bits per heavy atom. The molecular weight excluding hydrogens is 316 g/mol. The van der Waals surface area contributed by atoms with E-state index in [0.29, 0.717) is 12.3 Å². The molecular formula is C19H22N4O2. The molecule has 3 aromatic rings. The highest BCUT2D eigenvalue weighted by Gasteiger charge is 2.29. The first-order valence-electron chi connectivity index (χ1n) is 9.06. The van der Waals surface area contributed by atoms with Crippen LogP contribution in [0, 0.1) is 0 Å². The van der Waals surface area contributed by atoms with Gasteiger partial charge in [-0.15, -0.1) is 0 Å². The third-order valence-electron chi connectivity index (χ3n) is 5.26. The van der Waals surface area contributed by atoms with Crippen molar-refractivity contribution < 1.29 is 9.15 Å². The van der Waals surface area contributed by atoms with Crippen LogP contribution in [0.2, 0.25) is 0 Å². The Hall–Kier alpha value is -2.21. The number of nitrogens with zero attached hydrogens (tertiary/aromatic N) is 4. The molecule has 25 heavy (non-hydrogen) atoms. The average molecular weight is 338 g/mol. The van der Waals surface area contributed by atoms with Crippen LogP contribution in [-0.2, 0) is 17.8 Å². The third kappa shape index (κ3) is 2.47. The molecule has 6 heteroatoms. The molecule has 0 spiro atoms. The molecule has 0 radical (unpaired) electrons. The van der Waals surface area contributed by atoms with Crippen molar-refractivity contribution in [3.05, 3.63) is 23.7 Å². The molecule has 1 fully saturated rings. The van der Waals surface area contributed by atoms with E-state index in [1.54, 1.807) is 6.33 Å². The molecule has 5 rings (SSSR count). The zero-order chi connectivity index (χ0) is 17.0. The Morgan fingerprint density at radius 3 is 2.80 bits per heavy atom. The van der Waals surface area contributed by atoms with Crippen LogP contribution in [0.1, 0.15) is 44.4 Å². The maximum Gasteiger partial charge on any atom is 0.229 e. The zero-order valence-corrected chi connectivity index (χ0v) is 14.7. The molecule has 0 atom stereocenters. The van der Waals surface area contributed by atoms with E-state index in [4.69, 9.17) is 14.1 Å².